The average molecular weight is 276 g/mol. The minimum atomic E-state index is -0.135. The second kappa shape index (κ2) is 5.32. The summed E-state index contributed by atoms with van der Waals surface area (Å²) in [5, 5.41) is 4.72. The normalized spacial score (nSPS) is 10.3. The zero-order valence-corrected chi connectivity index (χ0v) is 11.9. The molecule has 2 rings (SSSR count). The second-order valence-corrected chi connectivity index (χ2v) is 5.25. The highest BCUT2D eigenvalue weighted by atomic mass is 32.1. The predicted molar refractivity (Wildman–Crippen MR) is 79.2 cm³/mol. The van der Waals surface area contributed by atoms with E-state index in [9.17, 15) is 4.79 Å². The van der Waals surface area contributed by atoms with E-state index in [0.29, 0.717) is 16.3 Å². The van der Waals surface area contributed by atoms with Crippen LogP contribution in [0.3, 0.4) is 0 Å². The van der Waals surface area contributed by atoms with Crippen LogP contribution in [0.1, 0.15) is 20.8 Å². The summed E-state index contributed by atoms with van der Waals surface area (Å²) in [5.74, 6) is 0.560. The van der Waals surface area contributed by atoms with Gasteiger partial charge in [-0.2, -0.15) is 0 Å². The Balaban J connectivity index is 2.24. The number of nitrogens with two attached hydrogens (primary N) is 1. The number of carbonyl (C=O) groups excluding carboxylic acids is 1. The van der Waals surface area contributed by atoms with Crippen molar-refractivity contribution in [3.63, 3.8) is 0 Å². The van der Waals surface area contributed by atoms with Crippen molar-refractivity contribution in [2.24, 2.45) is 0 Å². The Morgan fingerprint density at radius 3 is 2.42 bits per heavy atom. The molecule has 0 aliphatic heterocycles. The third kappa shape index (κ3) is 2.88. The summed E-state index contributed by atoms with van der Waals surface area (Å²) in [5.41, 5.74) is 9.18. The quantitative estimate of drug-likeness (QED) is 0.846. The highest BCUT2D eigenvalue weighted by Gasteiger charge is 2.12. The third-order valence-corrected chi connectivity index (χ3v) is 3.74. The Bertz CT molecular complexity index is 597. The lowest BCUT2D eigenvalue weighted by atomic mass is 10.1. The van der Waals surface area contributed by atoms with Gasteiger partial charge in [0.15, 0.2) is 0 Å². The van der Waals surface area contributed by atoms with E-state index in [1.165, 1.54) is 11.3 Å². The molecule has 0 saturated heterocycles. The average Bonchev–Trinajstić information content (AvgIpc) is 2.82. The molecular weight excluding hydrogens is 260 g/mol. The third-order valence-electron chi connectivity index (χ3n) is 2.83. The summed E-state index contributed by atoms with van der Waals surface area (Å²) in [6.45, 7) is 3.85. The summed E-state index contributed by atoms with van der Waals surface area (Å²) >= 11 is 1.35. The van der Waals surface area contributed by atoms with Crippen LogP contribution in [0.5, 0.6) is 5.75 Å². The number of hydrogen-bond donors (Lipinski definition) is 2. The summed E-state index contributed by atoms with van der Waals surface area (Å²) in [4.78, 5) is 12.8. The van der Waals surface area contributed by atoms with Crippen molar-refractivity contribution in [2.45, 2.75) is 13.8 Å². The largest absolute Gasteiger partial charge is 0.496 e. The molecule has 0 radical (unpaired) electrons. The first kappa shape index (κ1) is 13.4. The standard InChI is InChI=1S/C14H16N2O2S/c1-8-4-10(15)5-9(2)13(8)16-14(17)12-6-11(18-3)7-19-12/h4-7H,15H2,1-3H3,(H,16,17). The molecule has 1 heterocycles. The first-order valence-electron chi connectivity index (χ1n) is 5.82. The Morgan fingerprint density at radius 1 is 1.26 bits per heavy atom. The van der Waals surface area contributed by atoms with E-state index in [2.05, 4.69) is 5.32 Å². The zero-order chi connectivity index (χ0) is 14.0. The molecule has 100 valence electrons. The molecule has 2 aromatic rings. The van der Waals surface area contributed by atoms with E-state index < -0.39 is 0 Å². The van der Waals surface area contributed by atoms with E-state index in [-0.39, 0.29) is 5.91 Å². The number of ether oxygens (including phenoxy) is 1. The Morgan fingerprint density at radius 2 is 1.89 bits per heavy atom. The number of nitrogens with one attached hydrogen (secondary N) is 1. The molecule has 0 aliphatic carbocycles. The van der Waals surface area contributed by atoms with Crippen molar-refractivity contribution in [3.8, 4) is 5.75 Å². The summed E-state index contributed by atoms with van der Waals surface area (Å²) < 4.78 is 5.07. The summed E-state index contributed by atoms with van der Waals surface area (Å²) in [6, 6.07) is 5.41. The van der Waals surface area contributed by atoms with Crippen LogP contribution in [0, 0.1) is 13.8 Å². The van der Waals surface area contributed by atoms with Crippen molar-refractivity contribution in [2.75, 3.05) is 18.2 Å². The van der Waals surface area contributed by atoms with Gasteiger partial charge in [0, 0.05) is 22.8 Å². The fraction of sp³-hybridized carbons (Fsp3) is 0.214. The number of benzene rings is 1. The monoisotopic (exact) mass is 276 g/mol. The van der Waals surface area contributed by atoms with Gasteiger partial charge in [-0.3, -0.25) is 4.79 Å². The van der Waals surface area contributed by atoms with Gasteiger partial charge in [-0.1, -0.05) is 0 Å². The van der Waals surface area contributed by atoms with Crippen molar-refractivity contribution in [1.82, 2.24) is 0 Å². The minimum Gasteiger partial charge on any atom is -0.496 e. The summed E-state index contributed by atoms with van der Waals surface area (Å²) in [6.07, 6.45) is 0. The molecular formula is C14H16N2O2S. The SMILES string of the molecule is COc1csc(C(=O)Nc2c(C)cc(N)cc2C)c1. The number of anilines is 2. The Kier molecular flexibility index (Phi) is 3.76. The maximum Gasteiger partial charge on any atom is 0.265 e. The molecule has 0 fully saturated rings. The number of carbonyl (C=O) groups is 1. The van der Waals surface area contributed by atoms with Crippen molar-refractivity contribution in [1.29, 1.82) is 0 Å². The molecule has 1 amide bonds. The molecule has 0 spiro atoms. The maximum absolute atomic E-state index is 12.1. The molecule has 0 atom stereocenters. The summed E-state index contributed by atoms with van der Waals surface area (Å²) in [7, 11) is 1.58. The number of hydrogen-bond acceptors (Lipinski definition) is 4. The van der Waals surface area contributed by atoms with Gasteiger partial charge in [-0.05, 0) is 37.1 Å². The zero-order valence-electron chi connectivity index (χ0n) is 11.1. The number of nitrogen functional groups attached to an aromatic ring is 1. The van der Waals surface area contributed by atoms with Gasteiger partial charge in [0.05, 0.1) is 12.0 Å². The van der Waals surface area contributed by atoms with Gasteiger partial charge < -0.3 is 15.8 Å². The highest BCUT2D eigenvalue weighted by molar-refractivity contribution is 7.12. The Hall–Kier alpha value is -2.01. The van der Waals surface area contributed by atoms with Gasteiger partial charge in [0.1, 0.15) is 5.75 Å². The van der Waals surface area contributed by atoms with Gasteiger partial charge in [-0.25, -0.2) is 0 Å². The molecule has 1 aromatic carbocycles. The van der Waals surface area contributed by atoms with Gasteiger partial charge >= 0.3 is 0 Å². The van der Waals surface area contributed by atoms with Crippen LogP contribution in [0.25, 0.3) is 0 Å². The molecule has 19 heavy (non-hydrogen) atoms. The number of amides is 1. The fourth-order valence-electron chi connectivity index (χ4n) is 1.91. The topological polar surface area (TPSA) is 64.3 Å². The minimum absolute atomic E-state index is 0.135. The van der Waals surface area contributed by atoms with Crippen molar-refractivity contribution >= 4 is 28.6 Å². The molecule has 5 heteroatoms. The molecule has 4 nitrogen and oxygen atoms in total. The molecule has 3 N–H and O–H groups in total. The molecule has 0 aliphatic rings. The number of methoxy groups -OCH3 is 1. The van der Waals surface area contributed by atoms with Crippen LogP contribution in [0.4, 0.5) is 11.4 Å². The maximum atomic E-state index is 12.1. The molecule has 1 aromatic heterocycles. The van der Waals surface area contributed by atoms with E-state index in [4.69, 9.17) is 10.5 Å². The van der Waals surface area contributed by atoms with Crippen LogP contribution in [-0.2, 0) is 0 Å². The lowest BCUT2D eigenvalue weighted by Gasteiger charge is -2.11. The number of rotatable bonds is 3. The lowest BCUT2D eigenvalue weighted by molar-refractivity contribution is 0.103. The first-order chi connectivity index (χ1) is 9.01. The van der Waals surface area contributed by atoms with Crippen LogP contribution in [-0.4, -0.2) is 13.0 Å². The highest BCUT2D eigenvalue weighted by Crippen LogP contribution is 2.26. The smallest absolute Gasteiger partial charge is 0.265 e. The van der Waals surface area contributed by atoms with E-state index >= 15 is 0 Å². The van der Waals surface area contributed by atoms with E-state index in [1.807, 2.05) is 26.0 Å². The fourth-order valence-corrected chi connectivity index (χ4v) is 2.66. The van der Waals surface area contributed by atoms with Gasteiger partial charge in [0.25, 0.3) is 5.91 Å². The van der Waals surface area contributed by atoms with Gasteiger partial charge in [0.2, 0.25) is 0 Å². The van der Waals surface area contributed by atoms with E-state index in [1.54, 1.807) is 18.6 Å². The van der Waals surface area contributed by atoms with Crippen LogP contribution in [0.2, 0.25) is 0 Å². The molecule has 0 bridgehead atoms. The number of aryl methyl sites for hydroxylation is 2. The van der Waals surface area contributed by atoms with Crippen molar-refractivity contribution < 1.29 is 9.53 Å². The van der Waals surface area contributed by atoms with Crippen LogP contribution in [0.15, 0.2) is 23.6 Å². The molecule has 0 saturated carbocycles. The second-order valence-electron chi connectivity index (χ2n) is 4.33. The predicted octanol–water partition coefficient (Wildman–Crippen LogP) is 3.21. The lowest BCUT2D eigenvalue weighted by Crippen LogP contribution is -2.12. The van der Waals surface area contributed by atoms with Crippen LogP contribution < -0.4 is 15.8 Å². The van der Waals surface area contributed by atoms with Gasteiger partial charge in [-0.15, -0.1) is 11.3 Å². The Labute approximate surface area is 116 Å². The van der Waals surface area contributed by atoms with Crippen LogP contribution >= 0.6 is 11.3 Å². The first-order valence-corrected chi connectivity index (χ1v) is 6.70. The number of thiophene rings is 1. The van der Waals surface area contributed by atoms with E-state index in [0.717, 1.165) is 16.8 Å². The molecule has 0 unspecified atom stereocenters. The van der Waals surface area contributed by atoms with Crippen molar-refractivity contribution in [3.05, 3.63) is 39.6 Å².